The molecule has 0 atom stereocenters. The van der Waals surface area contributed by atoms with E-state index >= 15 is 0 Å². The average molecular weight is 269 g/mol. The first-order valence-electron chi connectivity index (χ1n) is 5.91. The predicted octanol–water partition coefficient (Wildman–Crippen LogP) is 0.131. The number of carbonyl (C=O) groups excluding carboxylic acids is 1. The molecule has 0 aliphatic carbocycles. The maximum absolute atomic E-state index is 12.3. The molecule has 2 N–H and O–H groups in total. The van der Waals surface area contributed by atoms with E-state index in [9.17, 15) is 4.79 Å². The first kappa shape index (κ1) is 15.3. The molecule has 0 heterocycles. The van der Waals surface area contributed by atoms with Crippen molar-refractivity contribution < 1.29 is 24.5 Å². The summed E-state index contributed by atoms with van der Waals surface area (Å²) in [6, 6.07) is 4.99. The second-order valence-electron chi connectivity index (χ2n) is 3.78. The van der Waals surface area contributed by atoms with Crippen LogP contribution in [-0.4, -0.2) is 61.5 Å². The summed E-state index contributed by atoms with van der Waals surface area (Å²) in [5.74, 6) is 0.482. The number of hydrogen-bond donors (Lipinski definition) is 2. The van der Waals surface area contributed by atoms with Crippen LogP contribution in [0, 0.1) is 0 Å². The van der Waals surface area contributed by atoms with Gasteiger partial charge in [-0.3, -0.25) is 4.79 Å². The van der Waals surface area contributed by atoms with Crippen molar-refractivity contribution in [3.05, 3.63) is 23.8 Å². The molecule has 106 valence electrons. The number of aliphatic hydroxyl groups excluding tert-OH is 2. The molecular formula is C13H19NO5. The molecule has 0 aliphatic heterocycles. The molecular weight excluding hydrogens is 250 g/mol. The minimum Gasteiger partial charge on any atom is -0.493 e. The molecule has 0 saturated heterocycles. The molecule has 0 bridgehead atoms. The second-order valence-corrected chi connectivity index (χ2v) is 3.78. The van der Waals surface area contributed by atoms with Crippen LogP contribution >= 0.6 is 0 Å². The topological polar surface area (TPSA) is 79.2 Å². The highest BCUT2D eigenvalue weighted by Crippen LogP contribution is 2.31. The van der Waals surface area contributed by atoms with E-state index in [4.69, 9.17) is 19.7 Å². The summed E-state index contributed by atoms with van der Waals surface area (Å²) in [6.07, 6.45) is 0. The summed E-state index contributed by atoms with van der Waals surface area (Å²) in [5.41, 5.74) is 0.337. The van der Waals surface area contributed by atoms with Crippen molar-refractivity contribution in [2.45, 2.75) is 0 Å². The van der Waals surface area contributed by atoms with Crippen LogP contribution in [0.1, 0.15) is 10.4 Å². The Morgan fingerprint density at radius 1 is 1.16 bits per heavy atom. The predicted molar refractivity (Wildman–Crippen MR) is 69.6 cm³/mol. The van der Waals surface area contributed by atoms with E-state index in [2.05, 4.69) is 0 Å². The van der Waals surface area contributed by atoms with E-state index in [0.717, 1.165) is 0 Å². The third kappa shape index (κ3) is 3.59. The van der Waals surface area contributed by atoms with Gasteiger partial charge < -0.3 is 24.6 Å². The van der Waals surface area contributed by atoms with Crippen LogP contribution < -0.4 is 9.47 Å². The molecule has 0 aromatic heterocycles. The average Bonchev–Trinajstić information content (AvgIpc) is 2.45. The fourth-order valence-electron chi connectivity index (χ4n) is 1.78. The van der Waals surface area contributed by atoms with Gasteiger partial charge in [-0.25, -0.2) is 0 Å². The van der Waals surface area contributed by atoms with Crippen molar-refractivity contribution in [2.75, 3.05) is 40.5 Å². The Balaban J connectivity index is 3.09. The lowest BCUT2D eigenvalue weighted by Gasteiger charge is -2.22. The van der Waals surface area contributed by atoms with Gasteiger partial charge in [-0.2, -0.15) is 0 Å². The van der Waals surface area contributed by atoms with E-state index in [0.29, 0.717) is 17.1 Å². The Morgan fingerprint density at radius 3 is 2.26 bits per heavy atom. The number of methoxy groups -OCH3 is 2. The number of aliphatic hydroxyl groups is 2. The van der Waals surface area contributed by atoms with Crippen molar-refractivity contribution >= 4 is 5.91 Å². The van der Waals surface area contributed by atoms with Gasteiger partial charge in [0.2, 0.25) is 0 Å². The van der Waals surface area contributed by atoms with Gasteiger partial charge in [0.15, 0.2) is 11.5 Å². The van der Waals surface area contributed by atoms with Crippen molar-refractivity contribution in [2.24, 2.45) is 0 Å². The van der Waals surface area contributed by atoms with Crippen molar-refractivity contribution in [3.8, 4) is 11.5 Å². The number of hydrogen-bond acceptors (Lipinski definition) is 5. The zero-order valence-electron chi connectivity index (χ0n) is 11.1. The number of amides is 1. The lowest BCUT2D eigenvalue weighted by atomic mass is 10.1. The van der Waals surface area contributed by atoms with Gasteiger partial charge in [0, 0.05) is 13.1 Å². The number of carbonyl (C=O) groups is 1. The number of benzene rings is 1. The standard InChI is InChI=1S/C13H19NO5/c1-18-11-5-3-4-10(12(11)19-2)13(17)14(6-8-15)7-9-16/h3-5,15-16H,6-9H2,1-2H3. The van der Waals surface area contributed by atoms with Gasteiger partial charge in [-0.1, -0.05) is 6.07 Å². The fraction of sp³-hybridized carbons (Fsp3) is 0.462. The first-order valence-corrected chi connectivity index (χ1v) is 5.91. The lowest BCUT2D eigenvalue weighted by Crippen LogP contribution is -2.36. The van der Waals surface area contributed by atoms with Crippen LogP contribution in [0.15, 0.2) is 18.2 Å². The molecule has 0 fully saturated rings. The molecule has 1 aromatic carbocycles. The smallest absolute Gasteiger partial charge is 0.257 e. The molecule has 6 heteroatoms. The third-order valence-corrected chi connectivity index (χ3v) is 2.66. The van der Waals surface area contributed by atoms with Gasteiger partial charge in [-0.15, -0.1) is 0 Å². The van der Waals surface area contributed by atoms with Crippen LogP contribution in [0.4, 0.5) is 0 Å². The molecule has 0 radical (unpaired) electrons. The zero-order chi connectivity index (χ0) is 14.3. The van der Waals surface area contributed by atoms with E-state index in [1.165, 1.54) is 19.1 Å². The van der Waals surface area contributed by atoms with E-state index in [-0.39, 0.29) is 32.2 Å². The Morgan fingerprint density at radius 2 is 1.79 bits per heavy atom. The summed E-state index contributed by atoms with van der Waals surface area (Å²) in [5, 5.41) is 17.9. The van der Waals surface area contributed by atoms with Crippen molar-refractivity contribution in [1.29, 1.82) is 0 Å². The Hall–Kier alpha value is -1.79. The highest BCUT2D eigenvalue weighted by Gasteiger charge is 2.21. The Bertz CT molecular complexity index is 415. The molecule has 19 heavy (non-hydrogen) atoms. The van der Waals surface area contributed by atoms with Crippen LogP contribution in [-0.2, 0) is 0 Å². The summed E-state index contributed by atoms with van der Waals surface area (Å²) >= 11 is 0. The van der Waals surface area contributed by atoms with Gasteiger partial charge >= 0.3 is 0 Å². The highest BCUT2D eigenvalue weighted by molar-refractivity contribution is 5.97. The molecule has 1 aromatic rings. The Kier molecular flexibility index (Phi) is 6.11. The van der Waals surface area contributed by atoms with E-state index in [1.54, 1.807) is 18.2 Å². The number of ether oxygens (including phenoxy) is 2. The molecule has 0 spiro atoms. The summed E-state index contributed by atoms with van der Waals surface area (Å²) in [6.45, 7) is -0.0322. The van der Waals surface area contributed by atoms with Crippen molar-refractivity contribution in [1.82, 2.24) is 4.90 Å². The van der Waals surface area contributed by atoms with Gasteiger partial charge in [0.05, 0.1) is 33.0 Å². The monoisotopic (exact) mass is 269 g/mol. The minimum atomic E-state index is -0.321. The number of rotatable bonds is 7. The molecule has 0 saturated carbocycles. The largest absolute Gasteiger partial charge is 0.493 e. The molecule has 6 nitrogen and oxygen atoms in total. The normalized spacial score (nSPS) is 10.1. The molecule has 0 aliphatic rings. The maximum Gasteiger partial charge on any atom is 0.257 e. The summed E-state index contributed by atoms with van der Waals surface area (Å²) in [7, 11) is 2.95. The van der Waals surface area contributed by atoms with Crippen molar-refractivity contribution in [3.63, 3.8) is 0 Å². The van der Waals surface area contributed by atoms with Crippen LogP contribution in [0.25, 0.3) is 0 Å². The van der Waals surface area contributed by atoms with Crippen LogP contribution in [0.5, 0.6) is 11.5 Å². The molecule has 1 amide bonds. The summed E-state index contributed by atoms with van der Waals surface area (Å²) in [4.78, 5) is 13.7. The number of nitrogens with zero attached hydrogens (tertiary/aromatic N) is 1. The maximum atomic E-state index is 12.3. The zero-order valence-corrected chi connectivity index (χ0v) is 11.1. The first-order chi connectivity index (χ1) is 9.19. The SMILES string of the molecule is COc1cccc(C(=O)N(CCO)CCO)c1OC. The Labute approximate surface area is 112 Å². The van der Waals surface area contributed by atoms with E-state index in [1.807, 2.05) is 0 Å². The lowest BCUT2D eigenvalue weighted by molar-refractivity contribution is 0.0681. The highest BCUT2D eigenvalue weighted by atomic mass is 16.5. The number of para-hydroxylation sites is 1. The van der Waals surface area contributed by atoms with Gasteiger partial charge in [0.1, 0.15) is 0 Å². The van der Waals surface area contributed by atoms with E-state index < -0.39 is 0 Å². The molecule has 1 rings (SSSR count). The quantitative estimate of drug-likeness (QED) is 0.735. The molecule has 0 unspecified atom stereocenters. The summed E-state index contributed by atoms with van der Waals surface area (Å²) < 4.78 is 10.3. The van der Waals surface area contributed by atoms with Crippen LogP contribution in [0.2, 0.25) is 0 Å². The van der Waals surface area contributed by atoms with Crippen LogP contribution in [0.3, 0.4) is 0 Å². The third-order valence-electron chi connectivity index (χ3n) is 2.66. The minimum absolute atomic E-state index is 0.153. The fourth-order valence-corrected chi connectivity index (χ4v) is 1.78. The second kappa shape index (κ2) is 7.60. The van der Waals surface area contributed by atoms with Gasteiger partial charge in [0.25, 0.3) is 5.91 Å². The van der Waals surface area contributed by atoms with Gasteiger partial charge in [-0.05, 0) is 12.1 Å².